The number of rotatable bonds is 1. The summed E-state index contributed by atoms with van der Waals surface area (Å²) in [5, 5.41) is 0. The molecule has 0 heteroatoms. The molecule has 0 radical (unpaired) electrons. The second-order valence-electron chi connectivity index (χ2n) is 1.58. The monoisotopic (exact) mass is 92.1 g/mol. The van der Waals surface area contributed by atoms with E-state index in [-0.39, 0.29) is 0 Å². The Morgan fingerprint density at radius 1 is 1.71 bits per heavy atom. The molecule has 0 aliphatic heterocycles. The highest BCUT2D eigenvalue weighted by atomic mass is 14.0. The molecule has 36 valence electrons. The molecular weight excluding hydrogens is 84.1 g/mol. The molecule has 0 N–H and O–H groups in total. The van der Waals surface area contributed by atoms with Crippen molar-refractivity contribution in [1.82, 2.24) is 0 Å². The van der Waals surface area contributed by atoms with Crippen molar-refractivity contribution >= 4 is 0 Å². The fourth-order valence-corrected chi connectivity index (χ4v) is 0.529. The lowest BCUT2D eigenvalue weighted by Crippen LogP contribution is -1.82. The molecule has 7 heavy (non-hydrogen) atoms. The molecule has 1 rings (SSSR count). The fraction of sp³-hybridized carbons (Fsp3) is 0.143. The first-order valence-corrected chi connectivity index (χ1v) is 2.41. The van der Waals surface area contributed by atoms with Crippen molar-refractivity contribution in [3.05, 3.63) is 36.5 Å². The summed E-state index contributed by atoms with van der Waals surface area (Å²) in [5.41, 5.74) is 1.38. The van der Waals surface area contributed by atoms with Crippen molar-refractivity contribution in [2.24, 2.45) is 0 Å². The van der Waals surface area contributed by atoms with Crippen LogP contribution >= 0.6 is 0 Å². The Balaban J connectivity index is 2.56. The molecule has 0 saturated carbocycles. The summed E-state index contributed by atoms with van der Waals surface area (Å²) in [4.78, 5) is 0. The lowest BCUT2D eigenvalue weighted by Gasteiger charge is -2.02. The molecule has 0 nitrogen and oxygen atoms in total. The molecule has 0 heterocycles. The van der Waals surface area contributed by atoms with Gasteiger partial charge in [-0.15, -0.1) is 0 Å². The van der Waals surface area contributed by atoms with Gasteiger partial charge in [0.25, 0.3) is 0 Å². The molecule has 0 aromatic rings. The Morgan fingerprint density at radius 3 is 2.57 bits per heavy atom. The minimum Gasteiger partial charge on any atom is -0.0991 e. The fourth-order valence-electron chi connectivity index (χ4n) is 0.529. The molecule has 0 atom stereocenters. The predicted molar refractivity (Wildman–Crippen MR) is 32.0 cm³/mol. The Morgan fingerprint density at radius 2 is 2.43 bits per heavy atom. The summed E-state index contributed by atoms with van der Waals surface area (Å²) in [6.07, 6.45) is 9.21. The van der Waals surface area contributed by atoms with E-state index in [1.54, 1.807) is 0 Å². The Labute approximate surface area is 43.9 Å². The van der Waals surface area contributed by atoms with Crippen LogP contribution in [0.4, 0.5) is 0 Å². The second-order valence-corrected chi connectivity index (χ2v) is 1.58. The van der Waals surface area contributed by atoms with E-state index >= 15 is 0 Å². The average Bonchev–Trinajstić information content (AvgIpc) is 1.55. The van der Waals surface area contributed by atoms with Crippen molar-refractivity contribution in [3.63, 3.8) is 0 Å². The quantitative estimate of drug-likeness (QED) is 0.464. The van der Waals surface area contributed by atoms with E-state index in [1.807, 2.05) is 12.2 Å². The van der Waals surface area contributed by atoms with E-state index in [4.69, 9.17) is 0 Å². The number of hydrogen-bond donors (Lipinski definition) is 0. The summed E-state index contributed by atoms with van der Waals surface area (Å²) in [7, 11) is 0. The third-order valence-electron chi connectivity index (χ3n) is 1.02. The van der Waals surface area contributed by atoms with Gasteiger partial charge in [-0.3, -0.25) is 0 Å². The minimum atomic E-state index is 1.13. The van der Waals surface area contributed by atoms with Crippen LogP contribution in [0.3, 0.4) is 0 Å². The molecular formula is C7H8. The van der Waals surface area contributed by atoms with Crippen LogP contribution in [0.2, 0.25) is 0 Å². The standard InChI is InChI=1S/C7H8/c1-2-4-7-5-3-6-7/h2-5H,1,6H2/b7-4+. The SMILES string of the molecule is C=C/C=C1\C=CC1. The van der Waals surface area contributed by atoms with Crippen molar-refractivity contribution in [2.75, 3.05) is 0 Å². The largest absolute Gasteiger partial charge is 0.0991 e. The first kappa shape index (κ1) is 4.38. The first-order chi connectivity index (χ1) is 3.43. The molecule has 0 saturated heterocycles. The molecule has 0 aromatic heterocycles. The van der Waals surface area contributed by atoms with Crippen LogP contribution in [0, 0.1) is 0 Å². The van der Waals surface area contributed by atoms with Crippen LogP contribution < -0.4 is 0 Å². The van der Waals surface area contributed by atoms with Crippen molar-refractivity contribution < 1.29 is 0 Å². The maximum absolute atomic E-state index is 3.57. The highest BCUT2D eigenvalue weighted by molar-refractivity contribution is 5.33. The van der Waals surface area contributed by atoms with Gasteiger partial charge in [0.05, 0.1) is 0 Å². The van der Waals surface area contributed by atoms with E-state index in [0.717, 1.165) is 6.42 Å². The molecule has 0 amide bonds. The highest BCUT2D eigenvalue weighted by Crippen LogP contribution is 2.13. The van der Waals surface area contributed by atoms with Crippen LogP contribution in [0.1, 0.15) is 6.42 Å². The molecule has 0 unspecified atom stereocenters. The molecule has 1 aliphatic carbocycles. The maximum Gasteiger partial charge on any atom is -0.00943 e. The molecule has 1 aliphatic rings. The van der Waals surface area contributed by atoms with Gasteiger partial charge >= 0.3 is 0 Å². The minimum absolute atomic E-state index is 1.13. The van der Waals surface area contributed by atoms with E-state index in [9.17, 15) is 0 Å². The van der Waals surface area contributed by atoms with Gasteiger partial charge in [0.1, 0.15) is 0 Å². The zero-order chi connectivity index (χ0) is 5.11. The van der Waals surface area contributed by atoms with E-state index in [2.05, 4.69) is 18.7 Å². The van der Waals surface area contributed by atoms with Gasteiger partial charge in [0.15, 0.2) is 0 Å². The zero-order valence-electron chi connectivity index (χ0n) is 4.22. The molecule has 0 aromatic carbocycles. The highest BCUT2D eigenvalue weighted by Gasteiger charge is 1.93. The van der Waals surface area contributed by atoms with Gasteiger partial charge in [0.2, 0.25) is 0 Å². The third-order valence-corrected chi connectivity index (χ3v) is 1.02. The molecule has 0 bridgehead atoms. The number of allylic oxidation sites excluding steroid dienone is 5. The topological polar surface area (TPSA) is 0 Å². The van der Waals surface area contributed by atoms with Gasteiger partial charge < -0.3 is 0 Å². The van der Waals surface area contributed by atoms with Crippen LogP contribution in [-0.4, -0.2) is 0 Å². The molecule has 0 spiro atoms. The van der Waals surface area contributed by atoms with E-state index in [1.165, 1.54) is 5.57 Å². The van der Waals surface area contributed by atoms with Crippen LogP contribution in [0.5, 0.6) is 0 Å². The van der Waals surface area contributed by atoms with Crippen molar-refractivity contribution in [3.8, 4) is 0 Å². The van der Waals surface area contributed by atoms with E-state index < -0.39 is 0 Å². The summed E-state index contributed by atoms with van der Waals surface area (Å²) in [6, 6.07) is 0. The van der Waals surface area contributed by atoms with Gasteiger partial charge in [-0.05, 0) is 12.0 Å². The average molecular weight is 92.1 g/mol. The van der Waals surface area contributed by atoms with Gasteiger partial charge in [-0.1, -0.05) is 30.9 Å². The summed E-state index contributed by atoms with van der Waals surface area (Å²) in [5.74, 6) is 0. The van der Waals surface area contributed by atoms with Gasteiger partial charge in [0, 0.05) is 0 Å². The summed E-state index contributed by atoms with van der Waals surface area (Å²) in [6.45, 7) is 3.57. The lowest BCUT2D eigenvalue weighted by molar-refractivity contribution is 1.19. The van der Waals surface area contributed by atoms with Crippen LogP contribution in [0.25, 0.3) is 0 Å². The van der Waals surface area contributed by atoms with Crippen molar-refractivity contribution in [2.45, 2.75) is 6.42 Å². The van der Waals surface area contributed by atoms with Crippen molar-refractivity contribution in [1.29, 1.82) is 0 Å². The number of hydrogen-bond acceptors (Lipinski definition) is 0. The Bertz CT molecular complexity index is 127. The predicted octanol–water partition coefficient (Wildman–Crippen LogP) is 2.06. The lowest BCUT2D eigenvalue weighted by atomic mass is 10.0. The Kier molecular flexibility index (Phi) is 1.12. The van der Waals surface area contributed by atoms with Gasteiger partial charge in [-0.2, -0.15) is 0 Å². The molecule has 0 fully saturated rings. The zero-order valence-corrected chi connectivity index (χ0v) is 4.22. The van der Waals surface area contributed by atoms with E-state index in [0.29, 0.717) is 0 Å². The third kappa shape index (κ3) is 0.801. The van der Waals surface area contributed by atoms with Gasteiger partial charge in [-0.25, -0.2) is 0 Å². The van der Waals surface area contributed by atoms with Crippen LogP contribution in [-0.2, 0) is 0 Å². The maximum atomic E-state index is 3.57. The van der Waals surface area contributed by atoms with Crippen LogP contribution in [0.15, 0.2) is 36.5 Å². The summed E-state index contributed by atoms with van der Waals surface area (Å²) >= 11 is 0. The first-order valence-electron chi connectivity index (χ1n) is 2.41. The summed E-state index contributed by atoms with van der Waals surface area (Å²) < 4.78 is 0. The normalized spacial score (nSPS) is 22.0. The smallest absolute Gasteiger partial charge is 0.00943 e. The Hall–Kier alpha value is -0.780. The second kappa shape index (κ2) is 1.78.